The lowest BCUT2D eigenvalue weighted by molar-refractivity contribution is -0.143. The van der Waals surface area contributed by atoms with E-state index in [1.165, 1.54) is 12.1 Å². The third kappa shape index (κ3) is 3.53. The van der Waals surface area contributed by atoms with Gasteiger partial charge in [-0.15, -0.1) is 0 Å². The van der Waals surface area contributed by atoms with Crippen LogP contribution in [0.4, 0.5) is 30.7 Å². The lowest BCUT2D eigenvalue weighted by Crippen LogP contribution is -2.11. The largest absolute Gasteiger partial charge is 0.416 e. The summed E-state index contributed by atoms with van der Waals surface area (Å²) < 4.78 is 89.2. The zero-order chi connectivity index (χ0) is 15.8. The van der Waals surface area contributed by atoms with Crippen molar-refractivity contribution >= 4 is 0 Å². The lowest BCUT2D eigenvalue weighted by atomic mass is 9.99. The van der Waals surface area contributed by atoms with E-state index in [4.69, 9.17) is 0 Å². The van der Waals surface area contributed by atoms with Gasteiger partial charge in [0.1, 0.15) is 5.82 Å². The fourth-order valence-electron chi connectivity index (χ4n) is 1.79. The highest BCUT2D eigenvalue weighted by molar-refractivity contribution is 5.65. The van der Waals surface area contributed by atoms with E-state index in [9.17, 15) is 30.7 Å². The topological polar surface area (TPSA) is 0 Å². The summed E-state index contributed by atoms with van der Waals surface area (Å²) in [5.41, 5.74) is -3.28. The van der Waals surface area contributed by atoms with Crippen molar-refractivity contribution in [3.63, 3.8) is 0 Å². The first-order chi connectivity index (χ1) is 9.57. The van der Waals surface area contributed by atoms with Crippen molar-refractivity contribution in [3.05, 3.63) is 59.4 Å². The highest BCUT2D eigenvalue weighted by Gasteiger charge is 2.36. The van der Waals surface area contributed by atoms with Gasteiger partial charge in [-0.1, -0.05) is 12.1 Å². The number of benzene rings is 2. The van der Waals surface area contributed by atoms with Crippen molar-refractivity contribution in [3.8, 4) is 11.1 Å². The van der Waals surface area contributed by atoms with Gasteiger partial charge < -0.3 is 0 Å². The zero-order valence-electron chi connectivity index (χ0n) is 10.2. The van der Waals surface area contributed by atoms with E-state index in [1.54, 1.807) is 0 Å². The second-order valence-corrected chi connectivity index (χ2v) is 4.30. The molecule has 0 saturated carbocycles. The molecule has 0 aliphatic rings. The molecule has 0 aliphatic carbocycles. The molecule has 0 nitrogen and oxygen atoms in total. The van der Waals surface area contributed by atoms with Crippen LogP contribution in [0.3, 0.4) is 0 Å². The van der Waals surface area contributed by atoms with Crippen LogP contribution in [0.1, 0.15) is 11.1 Å². The minimum absolute atomic E-state index is 0.0306. The van der Waals surface area contributed by atoms with E-state index < -0.39 is 29.3 Å². The van der Waals surface area contributed by atoms with Crippen molar-refractivity contribution < 1.29 is 30.7 Å². The first kappa shape index (κ1) is 15.3. The van der Waals surface area contributed by atoms with Gasteiger partial charge in [0.15, 0.2) is 0 Å². The van der Waals surface area contributed by atoms with E-state index in [0.717, 1.165) is 12.1 Å². The maximum Gasteiger partial charge on any atom is 0.416 e. The van der Waals surface area contributed by atoms with Crippen LogP contribution in [0.15, 0.2) is 42.5 Å². The molecule has 2 rings (SSSR count). The molecule has 0 aromatic heterocycles. The van der Waals surface area contributed by atoms with Crippen molar-refractivity contribution in [2.75, 3.05) is 0 Å². The molecule has 0 heterocycles. The summed E-state index contributed by atoms with van der Waals surface area (Å²) in [5.74, 6) is -0.751. The Morgan fingerprint density at radius 1 is 0.619 bits per heavy atom. The lowest BCUT2D eigenvalue weighted by Gasteiger charge is -2.14. The van der Waals surface area contributed by atoms with Crippen LogP contribution in [0, 0.1) is 5.82 Å². The summed E-state index contributed by atoms with van der Waals surface area (Å²) in [6, 6.07) is 5.51. The summed E-state index contributed by atoms with van der Waals surface area (Å²) in [6.07, 6.45) is -9.85. The van der Waals surface area contributed by atoms with Crippen LogP contribution in [-0.2, 0) is 12.4 Å². The fourth-order valence-corrected chi connectivity index (χ4v) is 1.79. The third-order valence-electron chi connectivity index (χ3n) is 2.75. The van der Waals surface area contributed by atoms with Crippen molar-refractivity contribution in [1.82, 2.24) is 0 Å². The summed E-state index contributed by atoms with van der Waals surface area (Å²) in [5, 5.41) is 0. The van der Waals surface area contributed by atoms with Crippen LogP contribution in [0.2, 0.25) is 0 Å². The van der Waals surface area contributed by atoms with Gasteiger partial charge in [-0.2, -0.15) is 26.3 Å². The van der Waals surface area contributed by atoms with E-state index in [2.05, 4.69) is 0 Å². The van der Waals surface area contributed by atoms with Crippen LogP contribution >= 0.6 is 0 Å². The van der Waals surface area contributed by atoms with Crippen LogP contribution in [0.25, 0.3) is 11.1 Å². The Bertz CT molecular complexity index is 621. The number of halogens is 7. The second-order valence-electron chi connectivity index (χ2n) is 4.30. The van der Waals surface area contributed by atoms with E-state index in [1.807, 2.05) is 0 Å². The minimum Gasteiger partial charge on any atom is -0.207 e. The average Bonchev–Trinajstić information content (AvgIpc) is 2.36. The highest BCUT2D eigenvalue weighted by atomic mass is 19.4. The molecule has 7 heteroatoms. The summed E-state index contributed by atoms with van der Waals surface area (Å²) >= 11 is 0. The van der Waals surface area contributed by atoms with Gasteiger partial charge in [0, 0.05) is 0 Å². The molecule has 0 bridgehead atoms. The number of alkyl halides is 6. The second kappa shape index (κ2) is 5.05. The quantitative estimate of drug-likeness (QED) is 0.608. The van der Waals surface area contributed by atoms with E-state index in [-0.39, 0.29) is 17.2 Å². The Hall–Kier alpha value is -2.05. The molecule has 0 aliphatic heterocycles. The number of hydrogen-bond acceptors (Lipinski definition) is 0. The Morgan fingerprint density at radius 2 is 1.14 bits per heavy atom. The molecule has 2 aromatic rings. The van der Waals surface area contributed by atoms with Gasteiger partial charge in [-0.05, 0) is 41.5 Å². The van der Waals surface area contributed by atoms with Crippen LogP contribution in [-0.4, -0.2) is 0 Å². The van der Waals surface area contributed by atoms with Crippen molar-refractivity contribution in [2.45, 2.75) is 12.4 Å². The molecular weight excluding hydrogens is 301 g/mol. The van der Waals surface area contributed by atoms with E-state index in [0.29, 0.717) is 12.1 Å². The Morgan fingerprint density at radius 3 is 1.57 bits per heavy atom. The summed E-state index contributed by atoms with van der Waals surface area (Å²) in [7, 11) is 0. The minimum atomic E-state index is -4.93. The van der Waals surface area contributed by atoms with Gasteiger partial charge in [0.05, 0.1) is 11.1 Å². The molecule has 0 atom stereocenters. The Labute approximate surface area is 114 Å². The molecule has 0 N–H and O–H groups in total. The highest BCUT2D eigenvalue weighted by Crippen LogP contribution is 2.38. The molecule has 0 amide bonds. The number of rotatable bonds is 1. The predicted molar refractivity (Wildman–Crippen MR) is 61.8 cm³/mol. The van der Waals surface area contributed by atoms with Gasteiger partial charge in [0.25, 0.3) is 0 Å². The summed E-state index contributed by atoms with van der Waals surface area (Å²) in [6.45, 7) is 0. The zero-order valence-corrected chi connectivity index (χ0v) is 10.2. The Balaban J connectivity index is 2.66. The van der Waals surface area contributed by atoms with Gasteiger partial charge >= 0.3 is 12.4 Å². The van der Waals surface area contributed by atoms with Crippen molar-refractivity contribution in [2.24, 2.45) is 0 Å². The fraction of sp³-hybridized carbons (Fsp3) is 0.143. The molecule has 21 heavy (non-hydrogen) atoms. The van der Waals surface area contributed by atoms with Crippen LogP contribution in [0.5, 0.6) is 0 Å². The summed E-state index contributed by atoms with van der Waals surface area (Å²) in [4.78, 5) is 0. The molecule has 0 fully saturated rings. The third-order valence-corrected chi connectivity index (χ3v) is 2.75. The molecule has 0 radical (unpaired) electrons. The predicted octanol–water partition coefficient (Wildman–Crippen LogP) is 5.53. The molecule has 0 unspecified atom stereocenters. The van der Waals surface area contributed by atoms with Crippen LogP contribution < -0.4 is 0 Å². The van der Waals surface area contributed by atoms with Gasteiger partial charge in [0.2, 0.25) is 0 Å². The first-order valence-corrected chi connectivity index (χ1v) is 5.63. The van der Waals surface area contributed by atoms with Gasteiger partial charge in [-0.3, -0.25) is 0 Å². The maximum atomic E-state index is 13.1. The molecule has 0 saturated heterocycles. The normalized spacial score (nSPS) is 12.5. The molecular formula is C14H7F7. The first-order valence-electron chi connectivity index (χ1n) is 5.63. The maximum absolute atomic E-state index is 13.1. The molecule has 112 valence electrons. The number of hydrogen-bond donors (Lipinski definition) is 0. The SMILES string of the molecule is Fc1cccc(-c2cc(C(F)(F)F)cc(C(F)(F)F)c2)c1. The average molecular weight is 308 g/mol. The van der Waals surface area contributed by atoms with Gasteiger partial charge in [-0.25, -0.2) is 4.39 Å². The molecule has 2 aromatic carbocycles. The Kier molecular flexibility index (Phi) is 3.69. The smallest absolute Gasteiger partial charge is 0.207 e. The molecule has 0 spiro atoms. The monoisotopic (exact) mass is 308 g/mol. The standard InChI is InChI=1S/C14H7F7/c15-12-3-1-2-8(6-12)9-4-10(13(16,17)18)7-11(5-9)14(19,20)21/h1-7H. The van der Waals surface area contributed by atoms with Crippen molar-refractivity contribution in [1.29, 1.82) is 0 Å². The van der Waals surface area contributed by atoms with E-state index >= 15 is 0 Å².